The zero-order valence-corrected chi connectivity index (χ0v) is 11.4. The number of likely N-dealkylation sites (tertiary alicyclic amines) is 1. The van der Waals surface area contributed by atoms with E-state index in [9.17, 15) is 4.79 Å². The first-order valence-corrected chi connectivity index (χ1v) is 6.60. The second-order valence-corrected chi connectivity index (χ2v) is 5.84. The fourth-order valence-corrected chi connectivity index (χ4v) is 2.20. The van der Waals surface area contributed by atoms with Crippen molar-refractivity contribution in [2.24, 2.45) is 11.7 Å². The summed E-state index contributed by atoms with van der Waals surface area (Å²) in [7, 11) is 0. The molecule has 1 fully saturated rings. The summed E-state index contributed by atoms with van der Waals surface area (Å²) in [6.45, 7) is 8.08. The summed E-state index contributed by atoms with van der Waals surface area (Å²) in [4.78, 5) is 13.7. The molecule has 0 radical (unpaired) electrons. The first kappa shape index (κ1) is 14.3. The van der Waals surface area contributed by atoms with Gasteiger partial charge in [-0.25, -0.2) is 4.79 Å². The van der Waals surface area contributed by atoms with Crippen LogP contribution in [0.5, 0.6) is 0 Å². The summed E-state index contributed by atoms with van der Waals surface area (Å²) in [5.74, 6) is 0.674. The lowest BCUT2D eigenvalue weighted by Crippen LogP contribution is -2.37. The van der Waals surface area contributed by atoms with Gasteiger partial charge in [0.1, 0.15) is 5.60 Å². The van der Waals surface area contributed by atoms with Gasteiger partial charge in [-0.1, -0.05) is 0 Å². The lowest BCUT2D eigenvalue weighted by molar-refractivity contribution is 0.0255. The molecule has 4 nitrogen and oxygen atoms in total. The highest BCUT2D eigenvalue weighted by Gasteiger charge is 2.24. The van der Waals surface area contributed by atoms with E-state index in [0.29, 0.717) is 5.92 Å². The van der Waals surface area contributed by atoms with Crippen molar-refractivity contribution in [1.82, 2.24) is 4.90 Å². The Labute approximate surface area is 104 Å². The maximum atomic E-state index is 11.9. The Balaban J connectivity index is 2.43. The molecule has 0 saturated carbocycles. The molecule has 0 spiro atoms. The Morgan fingerprint density at radius 1 is 1.35 bits per heavy atom. The molecule has 0 aromatic carbocycles. The predicted octanol–water partition coefficient (Wildman–Crippen LogP) is 2.37. The van der Waals surface area contributed by atoms with Gasteiger partial charge in [-0.15, -0.1) is 0 Å². The van der Waals surface area contributed by atoms with Gasteiger partial charge in [-0.2, -0.15) is 0 Å². The van der Waals surface area contributed by atoms with E-state index in [4.69, 9.17) is 10.5 Å². The van der Waals surface area contributed by atoms with Crippen LogP contribution in [0, 0.1) is 5.92 Å². The molecule has 0 bridgehead atoms. The molecular weight excluding hydrogens is 216 g/mol. The van der Waals surface area contributed by atoms with E-state index in [1.165, 1.54) is 6.42 Å². The molecule has 0 aliphatic carbocycles. The van der Waals surface area contributed by atoms with Crippen molar-refractivity contribution in [3.8, 4) is 0 Å². The molecule has 17 heavy (non-hydrogen) atoms. The van der Waals surface area contributed by atoms with Crippen LogP contribution < -0.4 is 5.73 Å². The highest BCUT2D eigenvalue weighted by atomic mass is 16.6. The first-order valence-electron chi connectivity index (χ1n) is 6.60. The smallest absolute Gasteiger partial charge is 0.410 e. The van der Waals surface area contributed by atoms with Gasteiger partial charge in [0.25, 0.3) is 0 Å². The van der Waals surface area contributed by atoms with Crippen LogP contribution in [0.1, 0.15) is 46.5 Å². The Morgan fingerprint density at radius 2 is 2.06 bits per heavy atom. The summed E-state index contributed by atoms with van der Waals surface area (Å²) < 4.78 is 5.39. The summed E-state index contributed by atoms with van der Waals surface area (Å²) in [5, 5.41) is 0. The van der Waals surface area contributed by atoms with Crippen molar-refractivity contribution in [1.29, 1.82) is 0 Å². The van der Waals surface area contributed by atoms with Gasteiger partial charge in [-0.3, -0.25) is 0 Å². The Bertz CT molecular complexity index is 248. The summed E-state index contributed by atoms with van der Waals surface area (Å²) in [6, 6.07) is 0. The summed E-state index contributed by atoms with van der Waals surface area (Å²) in [6.07, 6.45) is 4.19. The zero-order chi connectivity index (χ0) is 12.9. The third kappa shape index (κ3) is 5.39. The topological polar surface area (TPSA) is 55.6 Å². The molecular formula is C13H26N2O2. The number of nitrogens with two attached hydrogens (primary N) is 1. The van der Waals surface area contributed by atoms with Crippen LogP contribution in [-0.4, -0.2) is 36.2 Å². The van der Waals surface area contributed by atoms with Crippen LogP contribution in [0.4, 0.5) is 4.79 Å². The summed E-state index contributed by atoms with van der Waals surface area (Å²) >= 11 is 0. The number of carbonyl (C=O) groups excluding carboxylic acids is 1. The molecule has 100 valence electrons. The fourth-order valence-electron chi connectivity index (χ4n) is 2.20. The molecule has 1 rings (SSSR count). The van der Waals surface area contributed by atoms with Crippen LogP contribution in [0.25, 0.3) is 0 Å². The van der Waals surface area contributed by atoms with Crippen molar-refractivity contribution < 1.29 is 9.53 Å². The molecule has 1 aliphatic heterocycles. The Hall–Kier alpha value is -0.770. The predicted molar refractivity (Wildman–Crippen MR) is 68.8 cm³/mol. The largest absolute Gasteiger partial charge is 0.444 e. The normalized spacial score (nSPS) is 22.1. The quantitative estimate of drug-likeness (QED) is 0.808. The van der Waals surface area contributed by atoms with E-state index in [2.05, 4.69) is 0 Å². The van der Waals surface area contributed by atoms with E-state index in [-0.39, 0.29) is 6.09 Å². The third-order valence-corrected chi connectivity index (χ3v) is 3.07. The zero-order valence-electron chi connectivity index (χ0n) is 11.4. The van der Waals surface area contributed by atoms with Crippen molar-refractivity contribution in [2.45, 2.75) is 52.1 Å². The van der Waals surface area contributed by atoms with Gasteiger partial charge in [0.2, 0.25) is 0 Å². The van der Waals surface area contributed by atoms with Crippen LogP contribution in [0.15, 0.2) is 0 Å². The van der Waals surface area contributed by atoms with Gasteiger partial charge in [0.05, 0.1) is 0 Å². The highest BCUT2D eigenvalue weighted by molar-refractivity contribution is 5.68. The Morgan fingerprint density at radius 3 is 2.65 bits per heavy atom. The number of hydrogen-bond acceptors (Lipinski definition) is 3. The number of nitrogens with zero attached hydrogens (tertiary/aromatic N) is 1. The first-order chi connectivity index (χ1) is 7.92. The maximum Gasteiger partial charge on any atom is 0.410 e. The SMILES string of the molecule is CC(C)(C)OC(=O)N1CCCC(CCN)CC1. The molecule has 4 heteroatoms. The van der Waals surface area contributed by atoms with E-state index < -0.39 is 5.60 Å². The number of amides is 1. The second kappa shape index (κ2) is 6.24. The minimum absolute atomic E-state index is 0.175. The number of rotatable bonds is 2. The van der Waals surface area contributed by atoms with E-state index in [1.54, 1.807) is 0 Å². The minimum atomic E-state index is -0.403. The maximum absolute atomic E-state index is 11.9. The molecule has 0 aromatic heterocycles. The average molecular weight is 242 g/mol. The van der Waals surface area contributed by atoms with Crippen LogP contribution in [-0.2, 0) is 4.74 Å². The molecule has 1 amide bonds. The van der Waals surface area contributed by atoms with Crippen molar-refractivity contribution in [3.05, 3.63) is 0 Å². The minimum Gasteiger partial charge on any atom is -0.444 e. The molecule has 1 atom stereocenters. The molecule has 0 aromatic rings. The molecule has 1 aliphatic rings. The number of hydrogen-bond donors (Lipinski definition) is 1. The molecule has 1 heterocycles. The lowest BCUT2D eigenvalue weighted by Gasteiger charge is -2.26. The van der Waals surface area contributed by atoms with Crippen LogP contribution >= 0.6 is 0 Å². The van der Waals surface area contributed by atoms with E-state index in [0.717, 1.165) is 38.9 Å². The van der Waals surface area contributed by atoms with Crippen molar-refractivity contribution in [2.75, 3.05) is 19.6 Å². The van der Waals surface area contributed by atoms with Gasteiger partial charge >= 0.3 is 6.09 Å². The van der Waals surface area contributed by atoms with Gasteiger partial charge in [0.15, 0.2) is 0 Å². The monoisotopic (exact) mass is 242 g/mol. The van der Waals surface area contributed by atoms with Crippen molar-refractivity contribution in [3.63, 3.8) is 0 Å². The summed E-state index contributed by atoms with van der Waals surface area (Å²) in [5.41, 5.74) is 5.18. The number of carbonyl (C=O) groups is 1. The highest BCUT2D eigenvalue weighted by Crippen LogP contribution is 2.21. The lowest BCUT2D eigenvalue weighted by atomic mass is 9.97. The van der Waals surface area contributed by atoms with Crippen LogP contribution in [0.3, 0.4) is 0 Å². The van der Waals surface area contributed by atoms with Crippen LogP contribution in [0.2, 0.25) is 0 Å². The third-order valence-electron chi connectivity index (χ3n) is 3.07. The van der Waals surface area contributed by atoms with E-state index >= 15 is 0 Å². The van der Waals surface area contributed by atoms with Crippen molar-refractivity contribution >= 4 is 6.09 Å². The fraction of sp³-hybridized carbons (Fsp3) is 0.923. The average Bonchev–Trinajstić information content (AvgIpc) is 2.41. The van der Waals surface area contributed by atoms with Gasteiger partial charge < -0.3 is 15.4 Å². The molecule has 1 saturated heterocycles. The Kier molecular flexibility index (Phi) is 5.25. The van der Waals surface area contributed by atoms with E-state index in [1.807, 2.05) is 25.7 Å². The number of ether oxygens (including phenoxy) is 1. The standard InChI is InChI=1S/C13H26N2O2/c1-13(2,3)17-12(16)15-9-4-5-11(6-8-14)7-10-15/h11H,4-10,14H2,1-3H3. The van der Waals surface area contributed by atoms with Gasteiger partial charge in [0, 0.05) is 13.1 Å². The molecule has 1 unspecified atom stereocenters. The van der Waals surface area contributed by atoms with Gasteiger partial charge in [-0.05, 0) is 58.9 Å². The second-order valence-electron chi connectivity index (χ2n) is 5.84. The molecule has 2 N–H and O–H groups in total.